The Balaban J connectivity index is 1.30. The summed E-state index contributed by atoms with van der Waals surface area (Å²) in [7, 11) is 0. The first kappa shape index (κ1) is 16.9. The van der Waals surface area contributed by atoms with Crippen LogP contribution in [0.2, 0.25) is 0 Å². The lowest BCUT2D eigenvalue weighted by Crippen LogP contribution is -2.42. The first-order valence-electron chi connectivity index (χ1n) is 9.11. The van der Waals surface area contributed by atoms with E-state index in [9.17, 15) is 4.79 Å². The van der Waals surface area contributed by atoms with Crippen molar-refractivity contribution >= 4 is 11.7 Å². The Morgan fingerprint density at radius 1 is 1.19 bits per heavy atom. The van der Waals surface area contributed by atoms with Gasteiger partial charge in [-0.05, 0) is 25.7 Å². The summed E-state index contributed by atoms with van der Waals surface area (Å²) in [5.41, 5.74) is 0. The van der Waals surface area contributed by atoms with Crippen LogP contribution in [0, 0.1) is 5.92 Å². The number of carbonyl (C=O) groups excluding carboxylic acids is 1. The Hall–Kier alpha value is -2.55. The summed E-state index contributed by atoms with van der Waals surface area (Å²) in [4.78, 5) is 27.1. The molecule has 0 aliphatic carbocycles. The number of aromatic nitrogens is 5. The first-order valence-corrected chi connectivity index (χ1v) is 9.11. The molecule has 1 amide bonds. The Kier molecular flexibility index (Phi) is 5.05. The highest BCUT2D eigenvalue weighted by Gasteiger charge is 2.26. The van der Waals surface area contributed by atoms with E-state index in [4.69, 9.17) is 4.74 Å². The monoisotopic (exact) mass is 357 g/mol. The van der Waals surface area contributed by atoms with Crippen molar-refractivity contribution in [3.8, 4) is 5.82 Å². The molecule has 2 fully saturated rings. The summed E-state index contributed by atoms with van der Waals surface area (Å²) < 4.78 is 7.17. The topological polar surface area (TPSA) is 98.1 Å². The van der Waals surface area contributed by atoms with Crippen LogP contribution in [0.1, 0.15) is 25.7 Å². The average molecular weight is 357 g/mol. The number of rotatable bonds is 5. The van der Waals surface area contributed by atoms with Gasteiger partial charge < -0.3 is 15.0 Å². The molecule has 0 radical (unpaired) electrons. The summed E-state index contributed by atoms with van der Waals surface area (Å²) >= 11 is 0. The molecule has 0 aromatic carbocycles. The molecule has 2 aromatic rings. The van der Waals surface area contributed by atoms with E-state index in [0.717, 1.165) is 51.2 Å². The number of ether oxygens (including phenoxy) is 1. The predicted molar refractivity (Wildman–Crippen MR) is 93.9 cm³/mol. The highest BCUT2D eigenvalue weighted by molar-refractivity contribution is 5.79. The minimum atomic E-state index is 0.0595. The molecule has 2 aliphatic rings. The van der Waals surface area contributed by atoms with Crippen LogP contribution in [-0.2, 0) is 9.53 Å². The molecule has 0 bridgehead atoms. The molecule has 2 saturated heterocycles. The molecule has 2 aromatic heterocycles. The normalized spacial score (nSPS) is 21.1. The molecule has 1 atom stereocenters. The highest BCUT2D eigenvalue weighted by atomic mass is 16.5. The van der Waals surface area contributed by atoms with E-state index >= 15 is 0 Å². The Morgan fingerprint density at radius 2 is 2.04 bits per heavy atom. The fourth-order valence-corrected chi connectivity index (χ4v) is 3.50. The van der Waals surface area contributed by atoms with Gasteiger partial charge >= 0.3 is 0 Å². The van der Waals surface area contributed by atoms with Crippen molar-refractivity contribution in [2.75, 3.05) is 31.1 Å². The summed E-state index contributed by atoms with van der Waals surface area (Å²) in [6, 6.07) is 1.90. The fraction of sp³-hybridized carbons (Fsp3) is 0.588. The van der Waals surface area contributed by atoms with E-state index in [-0.39, 0.29) is 17.9 Å². The summed E-state index contributed by atoms with van der Waals surface area (Å²) in [5.74, 6) is 1.74. The van der Waals surface area contributed by atoms with Crippen LogP contribution < -0.4 is 10.2 Å². The third-order valence-electron chi connectivity index (χ3n) is 5.01. The number of amides is 1. The van der Waals surface area contributed by atoms with E-state index in [0.29, 0.717) is 12.4 Å². The van der Waals surface area contributed by atoms with Crippen molar-refractivity contribution in [3.63, 3.8) is 0 Å². The van der Waals surface area contributed by atoms with Crippen LogP contribution >= 0.6 is 0 Å². The third kappa shape index (κ3) is 3.82. The molecule has 1 unspecified atom stereocenters. The van der Waals surface area contributed by atoms with Gasteiger partial charge in [-0.1, -0.05) is 0 Å². The Bertz CT molecular complexity index is 722. The number of hydrogen-bond donors (Lipinski definition) is 1. The predicted octanol–water partition coefficient (Wildman–Crippen LogP) is 0.569. The van der Waals surface area contributed by atoms with Crippen molar-refractivity contribution in [2.24, 2.45) is 5.92 Å². The number of piperidine rings is 1. The molecular weight excluding hydrogens is 334 g/mol. The van der Waals surface area contributed by atoms with Crippen LogP contribution in [0.4, 0.5) is 5.82 Å². The SMILES string of the molecule is O=C(NCC1CCCO1)C1CCN(c2cc(-n3cncn3)ncn2)CC1. The van der Waals surface area contributed by atoms with Crippen LogP contribution in [0.3, 0.4) is 0 Å². The second kappa shape index (κ2) is 7.77. The molecule has 138 valence electrons. The minimum Gasteiger partial charge on any atom is -0.376 e. The zero-order valence-corrected chi connectivity index (χ0v) is 14.6. The zero-order chi connectivity index (χ0) is 17.8. The molecule has 4 rings (SSSR count). The number of nitrogens with one attached hydrogen (secondary N) is 1. The van der Waals surface area contributed by atoms with Crippen molar-refractivity contribution in [3.05, 3.63) is 25.0 Å². The quantitative estimate of drug-likeness (QED) is 0.835. The number of anilines is 1. The zero-order valence-electron chi connectivity index (χ0n) is 14.6. The van der Waals surface area contributed by atoms with Crippen molar-refractivity contribution in [2.45, 2.75) is 31.8 Å². The Morgan fingerprint density at radius 3 is 2.77 bits per heavy atom. The van der Waals surface area contributed by atoms with Gasteiger partial charge in [-0.25, -0.2) is 19.6 Å². The Labute approximate surface area is 151 Å². The maximum Gasteiger partial charge on any atom is 0.223 e. The molecule has 26 heavy (non-hydrogen) atoms. The van der Waals surface area contributed by atoms with Gasteiger partial charge in [-0.2, -0.15) is 5.10 Å². The standard InChI is InChI=1S/C17H23N7O2/c25-17(19-9-14-2-1-7-26-14)13-3-5-23(6-4-13)15-8-16(21-11-20-15)24-12-18-10-22-24/h8,10-14H,1-7,9H2,(H,19,25). The van der Waals surface area contributed by atoms with Crippen LogP contribution in [0.5, 0.6) is 0 Å². The molecule has 4 heterocycles. The van der Waals surface area contributed by atoms with Crippen molar-refractivity contribution in [1.82, 2.24) is 30.0 Å². The molecule has 0 spiro atoms. The maximum atomic E-state index is 12.4. The first-order chi connectivity index (χ1) is 12.8. The lowest BCUT2D eigenvalue weighted by atomic mass is 9.96. The van der Waals surface area contributed by atoms with E-state index in [2.05, 4.69) is 30.3 Å². The lowest BCUT2D eigenvalue weighted by molar-refractivity contribution is -0.126. The van der Waals surface area contributed by atoms with Crippen LogP contribution in [-0.4, -0.2) is 63.0 Å². The van der Waals surface area contributed by atoms with Gasteiger partial charge in [0.25, 0.3) is 0 Å². The van der Waals surface area contributed by atoms with Gasteiger partial charge in [-0.15, -0.1) is 0 Å². The maximum absolute atomic E-state index is 12.4. The van der Waals surface area contributed by atoms with Gasteiger partial charge in [-0.3, -0.25) is 4.79 Å². The number of carbonyl (C=O) groups is 1. The molecule has 9 heteroatoms. The van der Waals surface area contributed by atoms with Crippen LogP contribution in [0.15, 0.2) is 25.0 Å². The van der Waals surface area contributed by atoms with E-state index in [1.807, 2.05) is 6.07 Å². The number of hydrogen-bond acceptors (Lipinski definition) is 7. The lowest BCUT2D eigenvalue weighted by Gasteiger charge is -2.32. The fourth-order valence-electron chi connectivity index (χ4n) is 3.50. The molecule has 2 aliphatic heterocycles. The van der Waals surface area contributed by atoms with Gasteiger partial charge in [0.05, 0.1) is 6.10 Å². The highest BCUT2D eigenvalue weighted by Crippen LogP contribution is 2.23. The molecule has 0 saturated carbocycles. The second-order valence-electron chi connectivity index (χ2n) is 6.72. The van der Waals surface area contributed by atoms with Gasteiger partial charge in [0.15, 0.2) is 5.82 Å². The summed E-state index contributed by atoms with van der Waals surface area (Å²) in [5, 5.41) is 7.14. The van der Waals surface area contributed by atoms with E-state index in [1.54, 1.807) is 11.0 Å². The van der Waals surface area contributed by atoms with Crippen molar-refractivity contribution in [1.29, 1.82) is 0 Å². The average Bonchev–Trinajstić information content (AvgIpc) is 3.40. The number of nitrogens with zero attached hydrogens (tertiary/aromatic N) is 6. The van der Waals surface area contributed by atoms with Gasteiger partial charge in [0.2, 0.25) is 5.91 Å². The van der Waals surface area contributed by atoms with Crippen LogP contribution in [0.25, 0.3) is 5.82 Å². The van der Waals surface area contributed by atoms with Crippen molar-refractivity contribution < 1.29 is 9.53 Å². The van der Waals surface area contributed by atoms with Gasteiger partial charge in [0.1, 0.15) is 24.8 Å². The van der Waals surface area contributed by atoms with E-state index < -0.39 is 0 Å². The smallest absolute Gasteiger partial charge is 0.223 e. The van der Waals surface area contributed by atoms with E-state index in [1.165, 1.54) is 12.7 Å². The van der Waals surface area contributed by atoms with Gasteiger partial charge in [0, 0.05) is 38.2 Å². The summed E-state index contributed by atoms with van der Waals surface area (Å²) in [6.07, 6.45) is 8.58. The molecule has 9 nitrogen and oxygen atoms in total. The largest absolute Gasteiger partial charge is 0.376 e. The molecular formula is C17H23N7O2. The third-order valence-corrected chi connectivity index (χ3v) is 5.01. The summed E-state index contributed by atoms with van der Waals surface area (Å²) in [6.45, 7) is 3.04. The minimum absolute atomic E-state index is 0.0595. The molecule has 1 N–H and O–H groups in total. The second-order valence-corrected chi connectivity index (χ2v) is 6.72.